The zero-order chi connectivity index (χ0) is 19.1. The molecular weight excluding hydrogens is 460 g/mol. The average molecular weight is 492 g/mol. The number of nitrogens with zero attached hydrogens (tertiary/aromatic N) is 3. The van der Waals surface area contributed by atoms with E-state index in [9.17, 15) is 18.0 Å². The zero-order valence-corrected chi connectivity index (χ0v) is 18.5. The molecule has 1 aliphatic rings. The number of piperidine rings is 1. The van der Waals surface area contributed by atoms with Gasteiger partial charge in [-0.25, -0.2) is 4.99 Å². The molecule has 1 aliphatic heterocycles. The lowest BCUT2D eigenvalue weighted by Crippen LogP contribution is -2.50. The second-order valence-corrected chi connectivity index (χ2v) is 7.12. The number of carbonyl (C=O) groups excluding carboxylic acids is 1. The number of hydrogen-bond donors (Lipinski definition) is 1. The van der Waals surface area contributed by atoms with Crippen LogP contribution in [-0.4, -0.2) is 67.6 Å². The minimum atomic E-state index is -4.40. The summed E-state index contributed by atoms with van der Waals surface area (Å²) in [5.41, 5.74) is 0.209. The second kappa shape index (κ2) is 11.2. The summed E-state index contributed by atoms with van der Waals surface area (Å²) in [5, 5.41) is 3.16. The maximum absolute atomic E-state index is 12.4. The van der Waals surface area contributed by atoms with Crippen molar-refractivity contribution in [3.05, 3.63) is 0 Å². The molecule has 0 spiro atoms. The van der Waals surface area contributed by atoms with Gasteiger partial charge in [0.15, 0.2) is 5.96 Å². The molecule has 1 fully saturated rings. The molecule has 1 atom stereocenters. The van der Waals surface area contributed by atoms with Crippen molar-refractivity contribution in [2.24, 2.45) is 10.4 Å². The summed E-state index contributed by atoms with van der Waals surface area (Å²) < 4.78 is 37.2. The molecule has 0 aromatic carbocycles. The number of guanidine groups is 1. The molecule has 9 heteroatoms. The van der Waals surface area contributed by atoms with Crippen LogP contribution in [0.2, 0.25) is 0 Å². The van der Waals surface area contributed by atoms with E-state index in [0.717, 1.165) is 45.8 Å². The molecule has 154 valence electrons. The van der Waals surface area contributed by atoms with Crippen molar-refractivity contribution in [2.75, 3.05) is 39.8 Å². The Labute approximate surface area is 171 Å². The SMILES string of the molecule is CCCC1(C)CCCN(C(=NCC(=O)N(C)CC(F)(F)F)NCC)C1.I. The van der Waals surface area contributed by atoms with Crippen LogP contribution in [0, 0.1) is 5.41 Å². The fraction of sp³-hybridized carbons (Fsp3) is 0.882. The van der Waals surface area contributed by atoms with Crippen LogP contribution in [0.1, 0.15) is 46.5 Å². The van der Waals surface area contributed by atoms with E-state index in [4.69, 9.17) is 0 Å². The first-order valence-corrected chi connectivity index (χ1v) is 8.94. The predicted molar refractivity (Wildman–Crippen MR) is 109 cm³/mol. The Balaban J connectivity index is 0.00000625. The van der Waals surface area contributed by atoms with Crippen LogP contribution in [0.5, 0.6) is 0 Å². The lowest BCUT2D eigenvalue weighted by atomic mass is 9.78. The van der Waals surface area contributed by atoms with Crippen molar-refractivity contribution >= 4 is 35.8 Å². The van der Waals surface area contributed by atoms with E-state index in [2.05, 4.69) is 29.1 Å². The quantitative estimate of drug-likeness (QED) is 0.351. The largest absolute Gasteiger partial charge is 0.406 e. The van der Waals surface area contributed by atoms with Gasteiger partial charge >= 0.3 is 6.18 Å². The summed E-state index contributed by atoms with van der Waals surface area (Å²) in [6, 6.07) is 0. The smallest absolute Gasteiger partial charge is 0.357 e. The third-order valence-electron chi connectivity index (χ3n) is 4.48. The highest BCUT2D eigenvalue weighted by Crippen LogP contribution is 2.33. The summed E-state index contributed by atoms with van der Waals surface area (Å²) in [5.74, 6) is -0.0284. The van der Waals surface area contributed by atoms with Crippen LogP contribution < -0.4 is 5.32 Å². The van der Waals surface area contributed by atoms with Crippen LogP contribution in [0.25, 0.3) is 0 Å². The number of hydrogen-bond acceptors (Lipinski definition) is 2. The molecule has 5 nitrogen and oxygen atoms in total. The minimum absolute atomic E-state index is 0. The Morgan fingerprint density at radius 3 is 2.54 bits per heavy atom. The summed E-state index contributed by atoms with van der Waals surface area (Å²) in [6.45, 7) is 7.16. The molecule has 0 aromatic heterocycles. The van der Waals surface area contributed by atoms with Gasteiger partial charge in [0.05, 0.1) is 0 Å². The van der Waals surface area contributed by atoms with Crippen LogP contribution in [0.4, 0.5) is 13.2 Å². The Kier molecular flexibility index (Phi) is 10.9. The van der Waals surface area contributed by atoms with Gasteiger partial charge < -0.3 is 15.1 Å². The first-order chi connectivity index (χ1) is 11.6. The molecule has 1 amide bonds. The van der Waals surface area contributed by atoms with Gasteiger partial charge in [-0.15, -0.1) is 24.0 Å². The standard InChI is InChI=1S/C17H31F3N4O.HI/c1-5-8-16(3)9-7-10-24(12-16)15(21-6-2)22-11-14(25)23(4)13-17(18,19)20;/h5-13H2,1-4H3,(H,21,22);1H. The van der Waals surface area contributed by atoms with Crippen LogP contribution in [0.15, 0.2) is 4.99 Å². The number of aliphatic imine (C=N–C) groups is 1. The molecule has 0 bridgehead atoms. The molecule has 1 N–H and O–H groups in total. The van der Waals surface area contributed by atoms with Gasteiger partial charge in [-0.1, -0.05) is 20.3 Å². The minimum Gasteiger partial charge on any atom is -0.357 e. The number of rotatable bonds is 6. The molecule has 1 rings (SSSR count). The molecule has 0 aromatic rings. The molecular formula is C17H32F3IN4O. The summed E-state index contributed by atoms with van der Waals surface area (Å²) >= 11 is 0. The van der Waals surface area contributed by atoms with Gasteiger partial charge in [0.1, 0.15) is 13.1 Å². The van der Waals surface area contributed by atoms with E-state index >= 15 is 0 Å². The average Bonchev–Trinajstić information content (AvgIpc) is 2.49. The highest BCUT2D eigenvalue weighted by Gasteiger charge is 2.32. The molecule has 1 heterocycles. The van der Waals surface area contributed by atoms with Crippen LogP contribution >= 0.6 is 24.0 Å². The molecule has 26 heavy (non-hydrogen) atoms. The number of carbonyl (C=O) groups is 1. The zero-order valence-electron chi connectivity index (χ0n) is 16.2. The highest BCUT2D eigenvalue weighted by atomic mass is 127. The monoisotopic (exact) mass is 492 g/mol. The van der Waals surface area contributed by atoms with Crippen molar-refractivity contribution < 1.29 is 18.0 Å². The van der Waals surface area contributed by atoms with Crippen LogP contribution in [0.3, 0.4) is 0 Å². The van der Waals surface area contributed by atoms with Gasteiger partial charge in [0.2, 0.25) is 5.91 Å². The molecule has 0 saturated carbocycles. The molecule has 1 unspecified atom stereocenters. The summed E-state index contributed by atoms with van der Waals surface area (Å²) in [4.78, 5) is 19.0. The third-order valence-corrected chi connectivity index (χ3v) is 4.48. The summed E-state index contributed by atoms with van der Waals surface area (Å²) in [7, 11) is 1.15. The van der Waals surface area contributed by atoms with Gasteiger partial charge in [-0.3, -0.25) is 4.79 Å². The molecule has 0 aliphatic carbocycles. The lowest BCUT2D eigenvalue weighted by molar-refractivity contribution is -0.157. The Hall–Kier alpha value is -0.740. The van der Waals surface area contributed by atoms with Gasteiger partial charge in [-0.05, 0) is 31.6 Å². The number of halogens is 4. The molecule has 1 saturated heterocycles. The van der Waals surface area contributed by atoms with Gasteiger partial charge in [0.25, 0.3) is 0 Å². The number of likely N-dealkylation sites (tertiary alicyclic amines) is 1. The summed E-state index contributed by atoms with van der Waals surface area (Å²) in [6.07, 6.45) is 0.0369. The fourth-order valence-corrected chi connectivity index (χ4v) is 3.35. The van der Waals surface area contributed by atoms with Crippen molar-refractivity contribution in [2.45, 2.75) is 52.6 Å². The van der Waals surface area contributed by atoms with E-state index in [1.165, 1.54) is 0 Å². The number of alkyl halides is 3. The van der Waals surface area contributed by atoms with E-state index < -0.39 is 18.6 Å². The number of nitrogens with one attached hydrogen (secondary N) is 1. The fourth-order valence-electron chi connectivity index (χ4n) is 3.35. The second-order valence-electron chi connectivity index (χ2n) is 7.12. The number of amides is 1. The van der Waals surface area contributed by atoms with Crippen molar-refractivity contribution in [1.82, 2.24) is 15.1 Å². The first-order valence-electron chi connectivity index (χ1n) is 8.94. The molecule has 0 radical (unpaired) electrons. The van der Waals surface area contributed by atoms with Crippen molar-refractivity contribution in [3.63, 3.8) is 0 Å². The van der Waals surface area contributed by atoms with Crippen molar-refractivity contribution in [3.8, 4) is 0 Å². The Morgan fingerprint density at radius 2 is 2.00 bits per heavy atom. The van der Waals surface area contributed by atoms with Crippen LogP contribution in [-0.2, 0) is 4.79 Å². The van der Waals surface area contributed by atoms with E-state index in [1.54, 1.807) is 0 Å². The van der Waals surface area contributed by atoms with Gasteiger partial charge in [-0.2, -0.15) is 13.2 Å². The van der Waals surface area contributed by atoms with E-state index in [0.29, 0.717) is 17.4 Å². The third kappa shape index (κ3) is 8.77. The van der Waals surface area contributed by atoms with Crippen molar-refractivity contribution in [1.29, 1.82) is 0 Å². The Morgan fingerprint density at radius 1 is 1.35 bits per heavy atom. The van der Waals surface area contributed by atoms with E-state index in [1.807, 2.05) is 6.92 Å². The normalized spacial score (nSPS) is 21.2. The first kappa shape index (κ1) is 25.3. The topological polar surface area (TPSA) is 47.9 Å². The van der Waals surface area contributed by atoms with Gasteiger partial charge in [0, 0.05) is 26.7 Å². The Bertz CT molecular complexity index is 469. The highest BCUT2D eigenvalue weighted by molar-refractivity contribution is 14.0. The predicted octanol–water partition coefficient (Wildman–Crippen LogP) is 3.49. The maximum atomic E-state index is 12.4. The van der Waals surface area contributed by atoms with E-state index in [-0.39, 0.29) is 35.9 Å². The number of likely N-dealkylation sites (N-methyl/N-ethyl adjacent to an activating group) is 1. The maximum Gasteiger partial charge on any atom is 0.406 e. The lowest BCUT2D eigenvalue weighted by Gasteiger charge is -2.42.